The maximum Gasteiger partial charge on any atom is 0.0808 e. The van der Waals surface area contributed by atoms with Gasteiger partial charge >= 0.3 is 0 Å². The minimum absolute atomic E-state index is 0.430. The monoisotopic (exact) mass is 216 g/mol. The molecule has 0 aliphatic heterocycles. The van der Waals surface area contributed by atoms with Crippen LogP contribution < -0.4 is 0 Å². The minimum atomic E-state index is -0.430. The Kier molecular flexibility index (Phi) is 3.06. The molecule has 0 saturated heterocycles. The predicted octanol–water partition coefficient (Wildman–Crippen LogP) is 2.62. The summed E-state index contributed by atoms with van der Waals surface area (Å²) in [6.07, 6.45) is 4.05. The van der Waals surface area contributed by atoms with Gasteiger partial charge in [0.05, 0.1) is 18.0 Å². The highest BCUT2D eigenvalue weighted by molar-refractivity contribution is 5.41. The number of para-hydroxylation sites is 1. The molecule has 0 unspecified atom stereocenters. The van der Waals surface area contributed by atoms with Gasteiger partial charge in [-0.1, -0.05) is 25.1 Å². The molecule has 1 aromatic heterocycles. The van der Waals surface area contributed by atoms with Crippen LogP contribution in [0.2, 0.25) is 0 Å². The van der Waals surface area contributed by atoms with Crippen molar-refractivity contribution in [1.82, 2.24) is 9.78 Å². The van der Waals surface area contributed by atoms with Crippen LogP contribution in [-0.4, -0.2) is 14.9 Å². The summed E-state index contributed by atoms with van der Waals surface area (Å²) in [5, 5.41) is 14.2. The molecule has 1 atom stereocenters. The number of aliphatic hydroxyl groups excluding tert-OH is 1. The fourth-order valence-electron chi connectivity index (χ4n) is 1.74. The van der Waals surface area contributed by atoms with Crippen LogP contribution in [0.15, 0.2) is 36.7 Å². The third-order valence-corrected chi connectivity index (χ3v) is 2.64. The molecule has 1 aromatic carbocycles. The third-order valence-electron chi connectivity index (χ3n) is 2.64. The SMILES string of the molecule is CC[C@@H](O)c1ccccc1-n1cc(C)cn1. The van der Waals surface area contributed by atoms with E-state index in [0.717, 1.165) is 16.8 Å². The molecule has 0 aliphatic carbocycles. The van der Waals surface area contributed by atoms with Gasteiger partial charge in [-0.05, 0) is 25.0 Å². The second-order valence-corrected chi connectivity index (χ2v) is 3.95. The number of nitrogens with zero attached hydrogens (tertiary/aromatic N) is 2. The van der Waals surface area contributed by atoms with E-state index in [9.17, 15) is 5.11 Å². The first-order valence-corrected chi connectivity index (χ1v) is 5.51. The van der Waals surface area contributed by atoms with Gasteiger partial charge in [-0.3, -0.25) is 0 Å². The second kappa shape index (κ2) is 4.49. The van der Waals surface area contributed by atoms with E-state index in [2.05, 4.69) is 5.10 Å². The number of aromatic nitrogens is 2. The molecule has 2 aromatic rings. The van der Waals surface area contributed by atoms with Crippen molar-refractivity contribution < 1.29 is 5.11 Å². The summed E-state index contributed by atoms with van der Waals surface area (Å²) in [7, 11) is 0. The van der Waals surface area contributed by atoms with E-state index in [0.29, 0.717) is 6.42 Å². The molecule has 0 radical (unpaired) electrons. The van der Waals surface area contributed by atoms with Crippen molar-refractivity contribution in [3.05, 3.63) is 47.8 Å². The van der Waals surface area contributed by atoms with Crippen molar-refractivity contribution in [2.24, 2.45) is 0 Å². The summed E-state index contributed by atoms with van der Waals surface area (Å²) in [5.74, 6) is 0. The van der Waals surface area contributed by atoms with E-state index in [-0.39, 0.29) is 0 Å². The molecule has 84 valence electrons. The van der Waals surface area contributed by atoms with Crippen LogP contribution in [0.25, 0.3) is 5.69 Å². The molecule has 2 rings (SSSR count). The van der Waals surface area contributed by atoms with E-state index < -0.39 is 6.10 Å². The maximum absolute atomic E-state index is 9.94. The molecule has 1 heterocycles. The van der Waals surface area contributed by atoms with Gasteiger partial charge in [0.1, 0.15) is 0 Å². The summed E-state index contributed by atoms with van der Waals surface area (Å²) in [5.41, 5.74) is 2.99. The molecular formula is C13H16N2O. The summed E-state index contributed by atoms with van der Waals surface area (Å²) in [6, 6.07) is 7.81. The van der Waals surface area contributed by atoms with Gasteiger partial charge in [0.25, 0.3) is 0 Å². The van der Waals surface area contributed by atoms with E-state index in [4.69, 9.17) is 0 Å². The molecular weight excluding hydrogens is 200 g/mol. The molecule has 3 heteroatoms. The van der Waals surface area contributed by atoms with Gasteiger partial charge in [-0.15, -0.1) is 0 Å². The first kappa shape index (κ1) is 10.9. The van der Waals surface area contributed by atoms with Gasteiger partial charge in [-0.25, -0.2) is 4.68 Å². The summed E-state index contributed by atoms with van der Waals surface area (Å²) in [4.78, 5) is 0. The summed E-state index contributed by atoms with van der Waals surface area (Å²) < 4.78 is 1.81. The van der Waals surface area contributed by atoms with Crippen molar-refractivity contribution >= 4 is 0 Å². The minimum Gasteiger partial charge on any atom is -0.388 e. The Morgan fingerprint density at radius 1 is 1.38 bits per heavy atom. The molecule has 0 spiro atoms. The zero-order valence-corrected chi connectivity index (χ0v) is 9.59. The van der Waals surface area contributed by atoms with Crippen molar-refractivity contribution in [2.45, 2.75) is 26.4 Å². The number of rotatable bonds is 3. The lowest BCUT2D eigenvalue weighted by atomic mass is 10.1. The Balaban J connectivity index is 2.48. The van der Waals surface area contributed by atoms with Crippen LogP contribution in [-0.2, 0) is 0 Å². The first-order chi connectivity index (χ1) is 7.72. The molecule has 16 heavy (non-hydrogen) atoms. The molecule has 3 nitrogen and oxygen atoms in total. The predicted molar refractivity (Wildman–Crippen MR) is 63.6 cm³/mol. The van der Waals surface area contributed by atoms with Gasteiger partial charge in [0.15, 0.2) is 0 Å². The van der Waals surface area contributed by atoms with Gasteiger partial charge in [0.2, 0.25) is 0 Å². The Hall–Kier alpha value is -1.61. The zero-order valence-electron chi connectivity index (χ0n) is 9.59. The smallest absolute Gasteiger partial charge is 0.0808 e. The van der Waals surface area contributed by atoms with Crippen LogP contribution >= 0.6 is 0 Å². The lowest BCUT2D eigenvalue weighted by molar-refractivity contribution is 0.173. The Bertz CT molecular complexity index is 476. The standard InChI is InChI=1S/C13H16N2O/c1-3-13(16)11-6-4-5-7-12(11)15-9-10(2)8-14-15/h4-9,13,16H,3H2,1-2H3/t13-/m1/s1. The highest BCUT2D eigenvalue weighted by Gasteiger charge is 2.11. The zero-order chi connectivity index (χ0) is 11.5. The lowest BCUT2D eigenvalue weighted by Crippen LogP contribution is -2.04. The molecule has 1 N–H and O–H groups in total. The van der Waals surface area contributed by atoms with Crippen molar-refractivity contribution in [3.63, 3.8) is 0 Å². The second-order valence-electron chi connectivity index (χ2n) is 3.95. The highest BCUT2D eigenvalue weighted by atomic mass is 16.3. The topological polar surface area (TPSA) is 38.0 Å². The molecule has 0 fully saturated rings. The molecule has 0 saturated carbocycles. The first-order valence-electron chi connectivity index (χ1n) is 5.51. The quantitative estimate of drug-likeness (QED) is 0.856. The van der Waals surface area contributed by atoms with Crippen LogP contribution in [0.4, 0.5) is 0 Å². The van der Waals surface area contributed by atoms with E-state index in [1.807, 2.05) is 55.2 Å². The number of aryl methyl sites for hydroxylation is 1. The molecule has 0 aliphatic rings. The Morgan fingerprint density at radius 3 is 2.75 bits per heavy atom. The largest absolute Gasteiger partial charge is 0.388 e. The van der Waals surface area contributed by atoms with Crippen molar-refractivity contribution in [1.29, 1.82) is 0 Å². The van der Waals surface area contributed by atoms with E-state index >= 15 is 0 Å². The van der Waals surface area contributed by atoms with Gasteiger partial charge < -0.3 is 5.11 Å². The summed E-state index contributed by atoms with van der Waals surface area (Å²) >= 11 is 0. The van der Waals surface area contributed by atoms with E-state index in [1.54, 1.807) is 0 Å². The fraction of sp³-hybridized carbons (Fsp3) is 0.308. The number of hydrogen-bond donors (Lipinski definition) is 1. The van der Waals surface area contributed by atoms with Gasteiger partial charge in [0, 0.05) is 11.8 Å². The number of benzene rings is 1. The molecule has 0 amide bonds. The third kappa shape index (κ3) is 1.99. The van der Waals surface area contributed by atoms with Crippen molar-refractivity contribution in [2.75, 3.05) is 0 Å². The number of aliphatic hydroxyl groups is 1. The van der Waals surface area contributed by atoms with Crippen LogP contribution in [0.5, 0.6) is 0 Å². The van der Waals surface area contributed by atoms with Crippen LogP contribution in [0.1, 0.15) is 30.6 Å². The summed E-state index contributed by atoms with van der Waals surface area (Å²) in [6.45, 7) is 3.97. The Labute approximate surface area is 95.3 Å². The Morgan fingerprint density at radius 2 is 2.12 bits per heavy atom. The normalized spacial score (nSPS) is 12.7. The average Bonchev–Trinajstić information content (AvgIpc) is 2.75. The number of hydrogen-bond acceptors (Lipinski definition) is 2. The van der Waals surface area contributed by atoms with Crippen LogP contribution in [0, 0.1) is 6.92 Å². The lowest BCUT2D eigenvalue weighted by Gasteiger charge is -2.13. The van der Waals surface area contributed by atoms with Crippen molar-refractivity contribution in [3.8, 4) is 5.69 Å². The molecule has 0 bridgehead atoms. The average molecular weight is 216 g/mol. The maximum atomic E-state index is 9.94. The van der Waals surface area contributed by atoms with Crippen LogP contribution in [0.3, 0.4) is 0 Å². The van der Waals surface area contributed by atoms with E-state index in [1.165, 1.54) is 0 Å². The highest BCUT2D eigenvalue weighted by Crippen LogP contribution is 2.23. The van der Waals surface area contributed by atoms with Gasteiger partial charge in [-0.2, -0.15) is 5.10 Å². The fourth-order valence-corrected chi connectivity index (χ4v) is 1.74.